The number of aromatic nitrogens is 4. The standard InChI is InChI=1S/C51H30N4O2/c1-3-12-31(13-4-1)32-22-24-34(25-23-32)49-52-50(35-26-27-40-45(30-35)56-44-21-11-18-36(46(40)44)33-14-5-2-6-15-33)54-51(53-49)55-41-19-9-7-17-39(41)47-42(55)29-28-38-37-16-8-10-20-43(37)57-48(38)47/h1-30H/i11D,18D,21D,22D,23D,24D,25D,26D,27D,30D. The van der Waals surface area contributed by atoms with Gasteiger partial charge in [0, 0.05) is 38.1 Å². The van der Waals surface area contributed by atoms with Gasteiger partial charge in [-0.25, -0.2) is 4.98 Å². The van der Waals surface area contributed by atoms with E-state index in [0.717, 1.165) is 21.5 Å². The van der Waals surface area contributed by atoms with Crippen LogP contribution in [0.4, 0.5) is 0 Å². The van der Waals surface area contributed by atoms with Gasteiger partial charge in [-0.15, -0.1) is 0 Å². The molecule has 0 saturated heterocycles. The lowest BCUT2D eigenvalue weighted by Crippen LogP contribution is -2.06. The molecule has 0 spiro atoms. The Balaban J connectivity index is 1.19. The molecule has 0 fully saturated rings. The van der Waals surface area contributed by atoms with Gasteiger partial charge in [0.25, 0.3) is 0 Å². The van der Waals surface area contributed by atoms with Crippen molar-refractivity contribution in [3.63, 3.8) is 0 Å². The van der Waals surface area contributed by atoms with Crippen molar-refractivity contribution >= 4 is 65.7 Å². The van der Waals surface area contributed by atoms with E-state index in [9.17, 15) is 6.85 Å². The molecule has 0 atom stereocenters. The zero-order valence-electron chi connectivity index (χ0n) is 39.7. The number of para-hydroxylation sites is 2. The van der Waals surface area contributed by atoms with Crippen LogP contribution in [0.2, 0.25) is 0 Å². The average molecular weight is 741 g/mol. The molecule has 57 heavy (non-hydrogen) atoms. The van der Waals surface area contributed by atoms with Crippen LogP contribution in [0.5, 0.6) is 0 Å². The Morgan fingerprint density at radius 1 is 0.421 bits per heavy atom. The van der Waals surface area contributed by atoms with E-state index in [1.807, 2.05) is 60.7 Å². The molecule has 0 bridgehead atoms. The van der Waals surface area contributed by atoms with E-state index < -0.39 is 42.3 Å². The second-order valence-electron chi connectivity index (χ2n) is 13.6. The molecule has 0 aliphatic rings. The molecule has 0 N–H and O–H groups in total. The molecular formula is C51H30N4O2. The largest absolute Gasteiger partial charge is 0.456 e. The highest BCUT2D eigenvalue weighted by Crippen LogP contribution is 2.41. The molecule has 0 unspecified atom stereocenters. The van der Waals surface area contributed by atoms with Gasteiger partial charge in [0.15, 0.2) is 11.6 Å². The normalized spacial score (nSPS) is 14.3. The molecule has 4 aromatic heterocycles. The van der Waals surface area contributed by atoms with Gasteiger partial charge in [0.05, 0.1) is 30.1 Å². The van der Waals surface area contributed by atoms with Crippen molar-refractivity contribution in [2.45, 2.75) is 0 Å². The van der Waals surface area contributed by atoms with E-state index in [-0.39, 0.29) is 79.9 Å². The number of nitrogens with zero attached hydrogens (tertiary/aromatic N) is 4. The van der Waals surface area contributed by atoms with Gasteiger partial charge in [-0.1, -0.05) is 139 Å². The Hall–Kier alpha value is -7.83. The monoisotopic (exact) mass is 740 g/mol. The second-order valence-corrected chi connectivity index (χ2v) is 13.6. The lowest BCUT2D eigenvalue weighted by Gasteiger charge is -2.11. The van der Waals surface area contributed by atoms with Crippen molar-refractivity contribution < 1.29 is 22.5 Å². The number of hydrogen-bond acceptors (Lipinski definition) is 5. The van der Waals surface area contributed by atoms with Crippen LogP contribution in [0.1, 0.15) is 13.7 Å². The third-order valence-electron chi connectivity index (χ3n) is 10.3. The summed E-state index contributed by atoms with van der Waals surface area (Å²) >= 11 is 0. The van der Waals surface area contributed by atoms with Crippen LogP contribution in [-0.2, 0) is 0 Å². The third-order valence-corrected chi connectivity index (χ3v) is 10.3. The van der Waals surface area contributed by atoms with Crippen molar-refractivity contribution in [3.8, 4) is 51.0 Å². The SMILES string of the molecule is [2H]c1c([2H])c(-c2nc(-c3c([2H])c([2H])c4c(oc5c([2H])c([2H])c([2H])c(-c6ccccc6)c54)c3[2H])nc(-n3c4ccccc4c4c5oc6ccccc6c5ccc43)n2)c([2H])c([2H])c1-c1ccccc1. The molecule has 4 heterocycles. The fraction of sp³-hybridized carbons (Fsp3) is 0. The van der Waals surface area contributed by atoms with Crippen LogP contribution < -0.4 is 0 Å². The topological polar surface area (TPSA) is 69.9 Å². The molecule has 0 aliphatic carbocycles. The summed E-state index contributed by atoms with van der Waals surface area (Å²) in [5.41, 5.74) is 2.98. The Kier molecular flexibility index (Phi) is 5.02. The fourth-order valence-electron chi connectivity index (χ4n) is 7.69. The van der Waals surface area contributed by atoms with Crippen molar-refractivity contribution in [1.29, 1.82) is 0 Å². The van der Waals surface area contributed by atoms with Crippen molar-refractivity contribution in [1.82, 2.24) is 19.5 Å². The van der Waals surface area contributed by atoms with Crippen LogP contribution in [-0.4, -0.2) is 19.5 Å². The Labute approximate surface area is 340 Å². The summed E-state index contributed by atoms with van der Waals surface area (Å²) in [6.45, 7) is 0. The molecule has 0 saturated carbocycles. The van der Waals surface area contributed by atoms with Crippen LogP contribution >= 0.6 is 0 Å². The molecular weight excluding hydrogens is 701 g/mol. The number of rotatable bonds is 5. The number of hydrogen-bond donors (Lipinski definition) is 0. The van der Waals surface area contributed by atoms with Crippen molar-refractivity contribution in [2.24, 2.45) is 0 Å². The number of fused-ring (bicyclic) bond motifs is 10. The predicted molar refractivity (Wildman–Crippen MR) is 230 cm³/mol. The minimum absolute atomic E-state index is 0.00237. The van der Waals surface area contributed by atoms with Crippen molar-refractivity contribution in [3.05, 3.63) is 182 Å². The minimum atomic E-state index is -0.500. The lowest BCUT2D eigenvalue weighted by molar-refractivity contribution is 0.669. The average Bonchev–Trinajstić information content (AvgIpc) is 4.04. The molecule has 12 aromatic rings. The molecule has 0 radical (unpaired) electrons. The summed E-state index contributed by atoms with van der Waals surface area (Å²) < 4.78 is 107. The maximum Gasteiger partial charge on any atom is 0.238 e. The van der Waals surface area contributed by atoms with Gasteiger partial charge < -0.3 is 8.83 Å². The summed E-state index contributed by atoms with van der Waals surface area (Å²) in [4.78, 5) is 14.6. The Bertz CT molecular complexity index is 4080. The highest BCUT2D eigenvalue weighted by atomic mass is 16.3. The fourth-order valence-corrected chi connectivity index (χ4v) is 7.69. The van der Waals surface area contributed by atoms with Crippen molar-refractivity contribution in [2.75, 3.05) is 0 Å². The lowest BCUT2D eigenvalue weighted by atomic mass is 9.99. The molecule has 266 valence electrons. The van der Waals surface area contributed by atoms with Crippen LogP contribution in [0, 0.1) is 0 Å². The first kappa shape index (κ1) is 23.2. The van der Waals surface area contributed by atoms with E-state index in [1.54, 1.807) is 65.2 Å². The molecule has 12 rings (SSSR count). The number of benzene rings is 8. The highest BCUT2D eigenvalue weighted by molar-refractivity contribution is 6.23. The molecule has 8 aromatic carbocycles. The minimum Gasteiger partial charge on any atom is -0.456 e. The first-order valence-corrected chi connectivity index (χ1v) is 18.2. The van der Waals surface area contributed by atoms with Gasteiger partial charge in [-0.2, -0.15) is 9.97 Å². The quantitative estimate of drug-likeness (QED) is 0.176. The Morgan fingerprint density at radius 3 is 1.93 bits per heavy atom. The molecule has 6 nitrogen and oxygen atoms in total. The zero-order chi connectivity index (χ0) is 46.2. The predicted octanol–water partition coefficient (Wildman–Crippen LogP) is 13.4. The van der Waals surface area contributed by atoms with E-state index in [0.29, 0.717) is 33.3 Å². The maximum absolute atomic E-state index is 9.70. The smallest absolute Gasteiger partial charge is 0.238 e. The third kappa shape index (κ3) is 4.94. The van der Waals surface area contributed by atoms with E-state index in [4.69, 9.17) is 30.6 Å². The van der Waals surface area contributed by atoms with Crippen LogP contribution in [0.25, 0.3) is 117 Å². The van der Waals surface area contributed by atoms with Gasteiger partial charge >= 0.3 is 0 Å². The zero-order valence-corrected chi connectivity index (χ0v) is 29.7. The summed E-state index contributed by atoms with van der Waals surface area (Å²) in [5, 5.41) is 3.47. The van der Waals surface area contributed by atoms with Gasteiger partial charge in [0.2, 0.25) is 5.95 Å². The first-order valence-electron chi connectivity index (χ1n) is 23.2. The molecule has 0 aliphatic heterocycles. The molecule has 6 heteroatoms. The summed E-state index contributed by atoms with van der Waals surface area (Å²) in [7, 11) is 0. The second kappa shape index (κ2) is 12.3. The van der Waals surface area contributed by atoms with Crippen LogP contribution in [0.3, 0.4) is 0 Å². The van der Waals surface area contributed by atoms with E-state index in [2.05, 4.69) is 0 Å². The van der Waals surface area contributed by atoms with Gasteiger partial charge in [0.1, 0.15) is 22.3 Å². The van der Waals surface area contributed by atoms with Gasteiger partial charge in [-0.05, 0) is 64.6 Å². The highest BCUT2D eigenvalue weighted by Gasteiger charge is 2.22. The van der Waals surface area contributed by atoms with E-state index >= 15 is 0 Å². The molecule has 0 amide bonds. The summed E-state index contributed by atoms with van der Waals surface area (Å²) in [6, 6.07) is 32.6. The first-order chi connectivity index (χ1) is 32.4. The number of furan rings is 2. The summed E-state index contributed by atoms with van der Waals surface area (Å²) in [5.74, 6) is -0.652. The summed E-state index contributed by atoms with van der Waals surface area (Å²) in [6.07, 6.45) is 0. The maximum atomic E-state index is 9.70. The van der Waals surface area contributed by atoms with E-state index in [1.165, 1.54) is 0 Å². The Morgan fingerprint density at radius 2 is 1.11 bits per heavy atom. The van der Waals surface area contributed by atoms with Gasteiger partial charge in [-0.3, -0.25) is 4.57 Å². The van der Waals surface area contributed by atoms with Crippen LogP contribution in [0.15, 0.2) is 191 Å².